The zero-order valence-corrected chi connectivity index (χ0v) is 54.7. The summed E-state index contributed by atoms with van der Waals surface area (Å²) in [6.07, 6.45) is 70.4. The van der Waals surface area contributed by atoms with Crippen molar-refractivity contribution in [3.63, 3.8) is 0 Å². The molecule has 0 aromatic carbocycles. The fraction of sp³-hybridized carbons (Fsp3) is 0.784. The molecule has 1 heterocycles. The Hall–Kier alpha value is -3.16. The number of hydrogen-bond acceptors (Lipinski definition) is 10. The minimum Gasteiger partial charge on any atom is -0.454 e. The molecule has 0 spiro atoms. The van der Waals surface area contributed by atoms with Gasteiger partial charge in [-0.2, -0.15) is 0 Å². The Morgan fingerprint density at radius 1 is 0.471 bits per heavy atom. The maximum atomic E-state index is 13.5. The highest BCUT2D eigenvalue weighted by Crippen LogP contribution is 2.26. The normalized spacial score (nSPS) is 18.9. The van der Waals surface area contributed by atoms with Crippen molar-refractivity contribution in [2.75, 3.05) is 13.2 Å². The molecule has 0 aromatic heterocycles. The van der Waals surface area contributed by atoms with Crippen LogP contribution in [0.4, 0.5) is 0 Å². The summed E-state index contributed by atoms with van der Waals surface area (Å²) in [5.41, 5.74) is 0. The molecule has 1 rings (SSSR count). The van der Waals surface area contributed by atoms with Gasteiger partial charge in [0.05, 0.1) is 25.4 Å². The molecule has 1 aliphatic rings. The van der Waals surface area contributed by atoms with Gasteiger partial charge in [0, 0.05) is 6.42 Å². The summed E-state index contributed by atoms with van der Waals surface area (Å²) in [6, 6.07) is -1.03. The molecule has 1 fully saturated rings. The van der Waals surface area contributed by atoms with Crippen molar-refractivity contribution >= 4 is 11.9 Å². The average molecular weight is 1190 g/mol. The summed E-state index contributed by atoms with van der Waals surface area (Å²) < 4.78 is 17.7. The molecule has 8 atom stereocenters. The van der Waals surface area contributed by atoms with E-state index in [0.717, 1.165) is 109 Å². The van der Waals surface area contributed by atoms with Crippen LogP contribution in [-0.2, 0) is 23.8 Å². The van der Waals surface area contributed by atoms with Crippen molar-refractivity contribution in [2.45, 2.75) is 359 Å². The van der Waals surface area contributed by atoms with E-state index >= 15 is 0 Å². The summed E-state index contributed by atoms with van der Waals surface area (Å²) in [4.78, 5) is 26.7. The highest BCUT2D eigenvalue weighted by molar-refractivity contribution is 5.80. The third-order valence-corrected chi connectivity index (χ3v) is 16.3. The van der Waals surface area contributed by atoms with Gasteiger partial charge < -0.3 is 45.1 Å². The van der Waals surface area contributed by atoms with Gasteiger partial charge in [0.25, 0.3) is 0 Å². The van der Waals surface area contributed by atoms with Crippen LogP contribution < -0.4 is 5.32 Å². The van der Waals surface area contributed by atoms with Crippen LogP contribution in [0.25, 0.3) is 0 Å². The fourth-order valence-corrected chi connectivity index (χ4v) is 10.7. The van der Waals surface area contributed by atoms with Crippen molar-refractivity contribution in [1.82, 2.24) is 5.32 Å². The summed E-state index contributed by atoms with van der Waals surface area (Å²) >= 11 is 0. The van der Waals surface area contributed by atoms with E-state index in [4.69, 9.17) is 14.2 Å². The van der Waals surface area contributed by atoms with E-state index in [1.165, 1.54) is 154 Å². The fourth-order valence-electron chi connectivity index (χ4n) is 10.7. The van der Waals surface area contributed by atoms with Crippen LogP contribution in [0, 0.1) is 0 Å². The van der Waals surface area contributed by atoms with Crippen LogP contribution in [0.15, 0.2) is 85.1 Å². The summed E-state index contributed by atoms with van der Waals surface area (Å²) in [5.74, 6) is -1.20. The molecule has 1 amide bonds. The molecule has 0 radical (unpaired) electrons. The second-order valence-corrected chi connectivity index (χ2v) is 24.2. The van der Waals surface area contributed by atoms with Crippen molar-refractivity contribution in [1.29, 1.82) is 0 Å². The number of hydrogen-bond donors (Lipinski definition) is 6. The van der Waals surface area contributed by atoms with E-state index in [0.29, 0.717) is 12.8 Å². The van der Waals surface area contributed by atoms with E-state index in [2.05, 4.69) is 99.0 Å². The monoisotopic (exact) mass is 1190 g/mol. The molecule has 0 aromatic rings. The van der Waals surface area contributed by atoms with Gasteiger partial charge in [0.1, 0.15) is 24.4 Å². The smallest absolute Gasteiger partial charge is 0.306 e. The van der Waals surface area contributed by atoms with Crippen molar-refractivity contribution in [3.8, 4) is 0 Å². The van der Waals surface area contributed by atoms with Crippen LogP contribution in [0.5, 0.6) is 0 Å². The highest BCUT2D eigenvalue weighted by atomic mass is 16.7. The summed E-state index contributed by atoms with van der Waals surface area (Å²) in [7, 11) is 0. The number of aliphatic hydroxyl groups excluding tert-OH is 5. The van der Waals surface area contributed by atoms with Crippen molar-refractivity contribution in [2.24, 2.45) is 0 Å². The standard InChI is InChI=1S/C74H131NO10/c1-4-7-10-13-16-19-22-25-27-29-30-31-32-33-34-35-36-37-38-39-41-44-47-50-53-56-59-62-69(79)85-72-71(81)70(80)68(63-76)84-74(72)83-64-65(66(77)60-57-54-51-48-45-42-24-21-18-15-12-9-6-3)75-73(82)67(78)61-58-55-52-49-46-43-40-28-26-23-20-17-14-11-8-5-2/h7,10,16,19,25-28,30-31,33-34,57,60,65-68,70-72,74,76-78,80-81H,4-6,8-9,11-15,17-18,20-24,29,32,35-56,58-59,61-64H2,1-3H3,(H,75,82)/b10-7-,19-16-,27-25-,28-26+,31-30-,34-33-,60-57+. The second kappa shape index (κ2) is 61.1. The Kier molecular flexibility index (Phi) is 57.4. The first kappa shape index (κ1) is 79.9. The first-order chi connectivity index (χ1) is 41.7. The van der Waals surface area contributed by atoms with E-state index < -0.39 is 67.4 Å². The maximum Gasteiger partial charge on any atom is 0.306 e. The van der Waals surface area contributed by atoms with Gasteiger partial charge in [-0.3, -0.25) is 9.59 Å². The van der Waals surface area contributed by atoms with Gasteiger partial charge in [-0.1, -0.05) is 292 Å². The lowest BCUT2D eigenvalue weighted by Gasteiger charge is -2.41. The number of rotatable bonds is 60. The molecular formula is C74H131NO10. The molecule has 6 N–H and O–H groups in total. The lowest BCUT2D eigenvalue weighted by molar-refractivity contribution is -0.305. The number of carbonyl (C=O) groups excluding carboxylic acids is 2. The second-order valence-electron chi connectivity index (χ2n) is 24.2. The molecule has 85 heavy (non-hydrogen) atoms. The quantitative estimate of drug-likeness (QED) is 0.0195. The molecule has 492 valence electrons. The SMILES string of the molecule is CC/C=C\C/C=C\C/C=C\C/C=C\C/C=C\CCCCCCCCCCCCCC(=O)OC1C(OCC(NC(=O)C(O)CCCCCCCC/C=C/CCCCCCCC)C(O)/C=C/CCCCCCCCCCCCC)OC(CO)C(O)C1O. The molecule has 1 aliphatic heterocycles. The predicted molar refractivity (Wildman–Crippen MR) is 356 cm³/mol. The molecule has 1 saturated heterocycles. The molecule has 11 nitrogen and oxygen atoms in total. The Morgan fingerprint density at radius 3 is 1.28 bits per heavy atom. The maximum absolute atomic E-state index is 13.5. The summed E-state index contributed by atoms with van der Waals surface area (Å²) in [6.45, 7) is 5.70. The molecule has 8 unspecified atom stereocenters. The minimum atomic E-state index is -1.62. The molecule has 0 bridgehead atoms. The molecule has 0 aliphatic carbocycles. The van der Waals surface area contributed by atoms with E-state index in [1.54, 1.807) is 6.08 Å². The first-order valence-electron chi connectivity index (χ1n) is 35.4. The Bertz CT molecular complexity index is 1710. The number of amides is 1. The number of ether oxygens (including phenoxy) is 3. The summed E-state index contributed by atoms with van der Waals surface area (Å²) in [5, 5.41) is 57.2. The topological polar surface area (TPSA) is 175 Å². The predicted octanol–water partition coefficient (Wildman–Crippen LogP) is 18.1. The van der Waals surface area contributed by atoms with Crippen molar-refractivity contribution in [3.05, 3.63) is 85.1 Å². The van der Waals surface area contributed by atoms with Crippen molar-refractivity contribution < 1.29 is 49.3 Å². The lowest BCUT2D eigenvalue weighted by Crippen LogP contribution is -2.61. The number of allylic oxidation sites excluding steroid dienone is 13. The molecule has 0 saturated carbocycles. The lowest BCUT2D eigenvalue weighted by atomic mass is 9.99. The number of aliphatic hydroxyl groups is 5. The zero-order valence-electron chi connectivity index (χ0n) is 54.7. The number of esters is 1. The number of nitrogens with one attached hydrogen (secondary N) is 1. The molecular weight excluding hydrogens is 1060 g/mol. The van der Waals surface area contributed by atoms with Crippen LogP contribution in [0.3, 0.4) is 0 Å². The third kappa shape index (κ3) is 48.4. The Balaban J connectivity index is 2.57. The van der Waals surface area contributed by atoms with Crippen LogP contribution in [0.2, 0.25) is 0 Å². The van der Waals surface area contributed by atoms with Gasteiger partial charge in [-0.25, -0.2) is 0 Å². The van der Waals surface area contributed by atoms with Gasteiger partial charge in [0.2, 0.25) is 5.91 Å². The zero-order chi connectivity index (χ0) is 61.7. The largest absolute Gasteiger partial charge is 0.454 e. The van der Waals surface area contributed by atoms with Gasteiger partial charge in [-0.15, -0.1) is 0 Å². The molecule has 11 heteroatoms. The third-order valence-electron chi connectivity index (χ3n) is 16.3. The van der Waals surface area contributed by atoms with E-state index in [-0.39, 0.29) is 19.4 Å². The van der Waals surface area contributed by atoms with E-state index in [1.807, 2.05) is 6.08 Å². The van der Waals surface area contributed by atoms with Gasteiger partial charge in [-0.05, 0) is 96.3 Å². The van der Waals surface area contributed by atoms with E-state index in [9.17, 15) is 35.1 Å². The Labute approximate surface area is 521 Å². The van der Waals surface area contributed by atoms with Gasteiger partial charge >= 0.3 is 5.97 Å². The number of unbranched alkanes of at least 4 members (excludes halogenated alkanes) is 34. The first-order valence-corrected chi connectivity index (χ1v) is 35.4. The van der Waals surface area contributed by atoms with Gasteiger partial charge in [0.15, 0.2) is 12.4 Å². The number of carbonyl (C=O) groups is 2. The average Bonchev–Trinajstić information content (AvgIpc) is 2.50. The Morgan fingerprint density at radius 2 is 0.847 bits per heavy atom. The van der Waals surface area contributed by atoms with Crippen LogP contribution in [0.1, 0.15) is 310 Å². The van der Waals surface area contributed by atoms with Crippen LogP contribution in [-0.4, -0.2) is 99.6 Å². The highest BCUT2D eigenvalue weighted by Gasteiger charge is 2.47. The minimum absolute atomic E-state index is 0.116. The van der Waals surface area contributed by atoms with Crippen LogP contribution >= 0.6 is 0 Å².